The van der Waals surface area contributed by atoms with E-state index in [2.05, 4.69) is 0 Å². The highest BCUT2D eigenvalue weighted by Crippen LogP contribution is 2.39. The number of methoxy groups -OCH3 is 1. The molecule has 1 heterocycles. The van der Waals surface area contributed by atoms with Crippen LogP contribution in [0, 0.1) is 0 Å². The predicted octanol–water partition coefficient (Wildman–Crippen LogP) is 2.90. The fraction of sp³-hybridized carbons (Fsp3) is 0.333. The summed E-state index contributed by atoms with van der Waals surface area (Å²) < 4.78 is 7.04. The lowest BCUT2D eigenvalue weighted by molar-refractivity contribution is 0.198. The minimum absolute atomic E-state index is 0.369. The van der Waals surface area contributed by atoms with Crippen LogP contribution in [-0.4, -0.2) is 30.2 Å². The molecule has 0 saturated carbocycles. The molecule has 1 aliphatic heterocycles. The second-order valence-electron chi connectivity index (χ2n) is 3.62. The molecule has 0 aromatic heterocycles. The zero-order chi connectivity index (χ0) is 11.5. The van der Waals surface area contributed by atoms with Crippen LogP contribution in [0.3, 0.4) is 0 Å². The van der Waals surface area contributed by atoms with Crippen LogP contribution in [0.4, 0.5) is 0 Å². The maximum absolute atomic E-state index is 10.2. The quantitative estimate of drug-likeness (QED) is 0.819. The SMILES string of the molecule is COCCC1=C(O)c2ccccc2SN1C. The molecule has 16 heavy (non-hydrogen) atoms. The monoisotopic (exact) mass is 237 g/mol. The number of nitrogens with zero attached hydrogens (tertiary/aromatic N) is 1. The number of ether oxygens (including phenoxy) is 1. The minimum Gasteiger partial charge on any atom is -0.505 e. The van der Waals surface area contributed by atoms with E-state index in [1.807, 2.05) is 35.6 Å². The number of hydrogen-bond acceptors (Lipinski definition) is 4. The molecule has 0 unspecified atom stereocenters. The molecule has 0 fully saturated rings. The summed E-state index contributed by atoms with van der Waals surface area (Å²) in [5.74, 6) is 0.369. The van der Waals surface area contributed by atoms with Gasteiger partial charge >= 0.3 is 0 Å². The van der Waals surface area contributed by atoms with Gasteiger partial charge in [0.2, 0.25) is 0 Å². The highest BCUT2D eigenvalue weighted by molar-refractivity contribution is 7.97. The largest absolute Gasteiger partial charge is 0.505 e. The number of hydrogen-bond donors (Lipinski definition) is 1. The van der Waals surface area contributed by atoms with Crippen LogP contribution in [0.15, 0.2) is 34.9 Å². The predicted molar refractivity (Wildman–Crippen MR) is 66.1 cm³/mol. The van der Waals surface area contributed by atoms with Crippen molar-refractivity contribution in [1.29, 1.82) is 0 Å². The number of fused-ring (bicyclic) bond motifs is 1. The first kappa shape index (κ1) is 11.4. The molecule has 3 nitrogen and oxygen atoms in total. The van der Waals surface area contributed by atoms with E-state index < -0.39 is 0 Å². The van der Waals surface area contributed by atoms with Crippen molar-refractivity contribution in [2.75, 3.05) is 20.8 Å². The van der Waals surface area contributed by atoms with Crippen molar-refractivity contribution in [2.24, 2.45) is 0 Å². The normalized spacial score (nSPS) is 15.2. The Balaban J connectivity index is 2.36. The lowest BCUT2D eigenvalue weighted by Crippen LogP contribution is -2.17. The Morgan fingerprint density at radius 2 is 2.12 bits per heavy atom. The van der Waals surface area contributed by atoms with E-state index >= 15 is 0 Å². The third kappa shape index (κ3) is 2.03. The Morgan fingerprint density at radius 3 is 2.88 bits per heavy atom. The van der Waals surface area contributed by atoms with Gasteiger partial charge in [0.15, 0.2) is 0 Å². The Hall–Kier alpha value is -1.13. The van der Waals surface area contributed by atoms with Crippen molar-refractivity contribution in [2.45, 2.75) is 11.3 Å². The van der Waals surface area contributed by atoms with Crippen molar-refractivity contribution < 1.29 is 9.84 Å². The first-order valence-corrected chi connectivity index (χ1v) is 5.93. The molecular weight excluding hydrogens is 222 g/mol. The second kappa shape index (κ2) is 4.80. The zero-order valence-corrected chi connectivity index (χ0v) is 10.3. The lowest BCUT2D eigenvalue weighted by Gasteiger charge is -2.28. The Labute approximate surface area is 99.9 Å². The molecule has 0 amide bonds. The van der Waals surface area contributed by atoms with Gasteiger partial charge in [-0.05, 0) is 24.1 Å². The molecule has 0 aliphatic carbocycles. The number of aliphatic hydroxyl groups excluding tert-OH is 1. The second-order valence-corrected chi connectivity index (χ2v) is 4.79. The third-order valence-corrected chi connectivity index (χ3v) is 3.62. The van der Waals surface area contributed by atoms with Crippen LogP contribution < -0.4 is 0 Å². The smallest absolute Gasteiger partial charge is 0.144 e. The molecule has 1 aliphatic rings. The van der Waals surface area contributed by atoms with Gasteiger partial charge in [-0.2, -0.15) is 0 Å². The summed E-state index contributed by atoms with van der Waals surface area (Å²) in [5.41, 5.74) is 1.84. The van der Waals surface area contributed by atoms with Gasteiger partial charge < -0.3 is 14.1 Å². The Kier molecular flexibility index (Phi) is 3.41. The van der Waals surface area contributed by atoms with Gasteiger partial charge in [0.25, 0.3) is 0 Å². The van der Waals surface area contributed by atoms with E-state index in [-0.39, 0.29) is 0 Å². The summed E-state index contributed by atoms with van der Waals surface area (Å²) in [7, 11) is 3.63. The molecule has 0 atom stereocenters. The molecule has 4 heteroatoms. The first-order valence-electron chi connectivity index (χ1n) is 5.16. The summed E-state index contributed by atoms with van der Waals surface area (Å²) in [6, 6.07) is 7.87. The average molecular weight is 237 g/mol. The molecule has 0 bridgehead atoms. The van der Waals surface area contributed by atoms with Crippen LogP contribution in [0.5, 0.6) is 0 Å². The summed E-state index contributed by atoms with van der Waals surface area (Å²) in [6.07, 6.45) is 0.722. The summed E-state index contributed by atoms with van der Waals surface area (Å²) in [6.45, 7) is 0.618. The number of aliphatic hydroxyl groups is 1. The third-order valence-electron chi connectivity index (χ3n) is 2.57. The number of rotatable bonds is 3. The van der Waals surface area contributed by atoms with Crippen LogP contribution in [0.2, 0.25) is 0 Å². The summed E-state index contributed by atoms with van der Waals surface area (Å²) in [4.78, 5) is 1.09. The van der Waals surface area contributed by atoms with Gasteiger partial charge in [0.05, 0.1) is 12.3 Å². The molecule has 2 rings (SSSR count). The van der Waals surface area contributed by atoms with Crippen molar-refractivity contribution in [3.05, 3.63) is 35.5 Å². The van der Waals surface area contributed by atoms with Crippen molar-refractivity contribution >= 4 is 17.7 Å². The molecular formula is C12H15NO2S. The van der Waals surface area contributed by atoms with Gasteiger partial charge in [-0.1, -0.05) is 12.1 Å². The topological polar surface area (TPSA) is 32.7 Å². The van der Waals surface area contributed by atoms with E-state index in [1.54, 1.807) is 19.1 Å². The standard InChI is InChI=1S/C12H15NO2S/c1-13-10(7-8-15-2)12(14)9-5-3-4-6-11(9)16-13/h3-6,14H,7-8H2,1-2H3. The zero-order valence-electron chi connectivity index (χ0n) is 9.43. The van der Waals surface area contributed by atoms with Crippen LogP contribution in [0.25, 0.3) is 5.76 Å². The van der Waals surface area contributed by atoms with Gasteiger partial charge in [-0.15, -0.1) is 0 Å². The molecule has 86 valence electrons. The average Bonchev–Trinajstić information content (AvgIpc) is 2.29. The summed E-state index contributed by atoms with van der Waals surface area (Å²) >= 11 is 1.63. The van der Waals surface area contributed by atoms with Crippen molar-refractivity contribution in [1.82, 2.24) is 4.31 Å². The van der Waals surface area contributed by atoms with Crippen LogP contribution in [0.1, 0.15) is 12.0 Å². The van der Waals surface area contributed by atoms with E-state index in [1.165, 1.54) is 0 Å². The molecule has 1 aromatic rings. The Bertz CT molecular complexity index is 417. The first-order chi connectivity index (χ1) is 7.74. The highest BCUT2D eigenvalue weighted by atomic mass is 32.2. The van der Waals surface area contributed by atoms with Crippen LogP contribution >= 0.6 is 11.9 Å². The van der Waals surface area contributed by atoms with E-state index in [0.717, 1.165) is 22.6 Å². The maximum atomic E-state index is 10.2. The van der Waals surface area contributed by atoms with Crippen molar-refractivity contribution in [3.63, 3.8) is 0 Å². The van der Waals surface area contributed by atoms with Crippen LogP contribution in [-0.2, 0) is 4.74 Å². The van der Waals surface area contributed by atoms with Gasteiger partial charge in [0, 0.05) is 31.0 Å². The van der Waals surface area contributed by atoms with Gasteiger partial charge in [0.1, 0.15) is 5.76 Å². The van der Waals surface area contributed by atoms with Gasteiger partial charge in [-0.3, -0.25) is 0 Å². The highest BCUT2D eigenvalue weighted by Gasteiger charge is 2.22. The lowest BCUT2D eigenvalue weighted by atomic mass is 10.1. The van der Waals surface area contributed by atoms with Crippen molar-refractivity contribution in [3.8, 4) is 0 Å². The van der Waals surface area contributed by atoms with E-state index in [4.69, 9.17) is 4.74 Å². The fourth-order valence-corrected chi connectivity index (χ4v) is 2.71. The summed E-state index contributed by atoms with van der Waals surface area (Å²) in [5, 5.41) is 10.2. The number of benzene rings is 1. The fourth-order valence-electron chi connectivity index (χ4n) is 1.72. The molecule has 1 aromatic carbocycles. The minimum atomic E-state index is 0.369. The molecule has 0 radical (unpaired) electrons. The molecule has 0 saturated heterocycles. The molecule has 1 N–H and O–H groups in total. The Morgan fingerprint density at radius 1 is 1.38 bits per heavy atom. The maximum Gasteiger partial charge on any atom is 0.144 e. The van der Waals surface area contributed by atoms with Gasteiger partial charge in [-0.25, -0.2) is 0 Å². The van der Waals surface area contributed by atoms with E-state index in [0.29, 0.717) is 12.4 Å². The van der Waals surface area contributed by atoms with E-state index in [9.17, 15) is 5.11 Å². The molecule has 0 spiro atoms.